The van der Waals surface area contributed by atoms with Crippen molar-refractivity contribution >= 4 is 0 Å². The first-order valence-corrected chi connectivity index (χ1v) is 6.21. The molecule has 0 aliphatic carbocycles. The molecule has 1 aromatic heterocycles. The van der Waals surface area contributed by atoms with Crippen LogP contribution in [0.5, 0.6) is 5.75 Å². The number of para-hydroxylation sites is 1. The van der Waals surface area contributed by atoms with Gasteiger partial charge in [0.2, 0.25) is 0 Å². The summed E-state index contributed by atoms with van der Waals surface area (Å²) < 4.78 is 5.80. The van der Waals surface area contributed by atoms with E-state index in [2.05, 4.69) is 11.1 Å². The SMILES string of the molecule is NCCc1ccccc1OCCc1ccccn1. The van der Waals surface area contributed by atoms with E-state index in [1.165, 1.54) is 5.56 Å². The van der Waals surface area contributed by atoms with E-state index in [-0.39, 0.29) is 0 Å². The third-order valence-electron chi connectivity index (χ3n) is 2.73. The van der Waals surface area contributed by atoms with Gasteiger partial charge in [0.1, 0.15) is 5.75 Å². The molecule has 0 unspecified atom stereocenters. The molecule has 2 N–H and O–H groups in total. The van der Waals surface area contributed by atoms with E-state index in [1.54, 1.807) is 6.20 Å². The van der Waals surface area contributed by atoms with E-state index >= 15 is 0 Å². The van der Waals surface area contributed by atoms with Gasteiger partial charge in [-0.1, -0.05) is 24.3 Å². The summed E-state index contributed by atoms with van der Waals surface area (Å²) in [5, 5.41) is 0. The predicted octanol–water partition coefficient (Wildman–Crippen LogP) is 2.20. The van der Waals surface area contributed by atoms with E-state index < -0.39 is 0 Å². The summed E-state index contributed by atoms with van der Waals surface area (Å²) in [4.78, 5) is 4.27. The summed E-state index contributed by atoms with van der Waals surface area (Å²) in [6.07, 6.45) is 3.47. The van der Waals surface area contributed by atoms with Crippen molar-refractivity contribution in [1.82, 2.24) is 4.98 Å². The van der Waals surface area contributed by atoms with Crippen molar-refractivity contribution in [2.24, 2.45) is 5.73 Å². The van der Waals surface area contributed by atoms with Crippen molar-refractivity contribution in [2.75, 3.05) is 13.2 Å². The lowest BCUT2D eigenvalue weighted by molar-refractivity contribution is 0.317. The van der Waals surface area contributed by atoms with Crippen molar-refractivity contribution in [2.45, 2.75) is 12.8 Å². The van der Waals surface area contributed by atoms with Gasteiger partial charge in [-0.2, -0.15) is 0 Å². The van der Waals surface area contributed by atoms with Crippen LogP contribution >= 0.6 is 0 Å². The molecule has 0 radical (unpaired) electrons. The Kier molecular flexibility index (Phi) is 4.73. The van der Waals surface area contributed by atoms with Gasteiger partial charge in [0.05, 0.1) is 6.61 Å². The van der Waals surface area contributed by atoms with Gasteiger partial charge in [-0.25, -0.2) is 0 Å². The van der Waals surface area contributed by atoms with E-state index in [9.17, 15) is 0 Å². The van der Waals surface area contributed by atoms with Crippen LogP contribution in [0.15, 0.2) is 48.7 Å². The number of aromatic nitrogens is 1. The number of rotatable bonds is 6. The Hall–Kier alpha value is -1.87. The highest BCUT2D eigenvalue weighted by Gasteiger charge is 2.02. The Morgan fingerprint density at radius 2 is 1.83 bits per heavy atom. The van der Waals surface area contributed by atoms with E-state index in [0.29, 0.717) is 13.2 Å². The Morgan fingerprint density at radius 3 is 2.61 bits per heavy atom. The summed E-state index contributed by atoms with van der Waals surface area (Å²) in [5.41, 5.74) is 7.80. The highest BCUT2D eigenvalue weighted by Crippen LogP contribution is 2.18. The first-order chi connectivity index (χ1) is 8.90. The second kappa shape index (κ2) is 6.77. The zero-order valence-corrected chi connectivity index (χ0v) is 10.4. The largest absolute Gasteiger partial charge is 0.493 e. The number of hydrogen-bond donors (Lipinski definition) is 1. The highest BCUT2D eigenvalue weighted by atomic mass is 16.5. The second-order valence-electron chi connectivity index (χ2n) is 4.07. The van der Waals surface area contributed by atoms with Gasteiger partial charge < -0.3 is 10.5 Å². The molecule has 2 rings (SSSR count). The maximum Gasteiger partial charge on any atom is 0.122 e. The molecule has 0 aliphatic rings. The molecule has 0 atom stereocenters. The summed E-state index contributed by atoms with van der Waals surface area (Å²) in [6, 6.07) is 14.0. The molecule has 0 bridgehead atoms. The Bertz CT molecular complexity index is 471. The number of ether oxygens (including phenoxy) is 1. The Balaban J connectivity index is 1.90. The molecule has 0 saturated heterocycles. The molecule has 3 nitrogen and oxygen atoms in total. The van der Waals surface area contributed by atoms with Crippen molar-refractivity contribution in [3.8, 4) is 5.75 Å². The molecule has 18 heavy (non-hydrogen) atoms. The lowest BCUT2D eigenvalue weighted by atomic mass is 10.1. The molecule has 2 aromatic rings. The molecule has 3 heteroatoms. The van der Waals surface area contributed by atoms with Crippen LogP contribution < -0.4 is 10.5 Å². The highest BCUT2D eigenvalue weighted by molar-refractivity contribution is 5.33. The number of hydrogen-bond acceptors (Lipinski definition) is 3. The van der Waals surface area contributed by atoms with Crippen LogP contribution in [0.4, 0.5) is 0 Å². The molecular weight excluding hydrogens is 224 g/mol. The van der Waals surface area contributed by atoms with Crippen LogP contribution in [0, 0.1) is 0 Å². The fraction of sp³-hybridized carbons (Fsp3) is 0.267. The van der Waals surface area contributed by atoms with Gasteiger partial charge in [0.15, 0.2) is 0 Å². The average molecular weight is 242 g/mol. The minimum absolute atomic E-state index is 0.637. The summed E-state index contributed by atoms with van der Waals surface area (Å²) in [5.74, 6) is 0.930. The number of pyridine rings is 1. The van der Waals surface area contributed by atoms with Gasteiger partial charge in [-0.3, -0.25) is 4.98 Å². The zero-order valence-electron chi connectivity index (χ0n) is 10.4. The fourth-order valence-electron chi connectivity index (χ4n) is 1.82. The third kappa shape index (κ3) is 3.57. The topological polar surface area (TPSA) is 48.1 Å². The molecule has 0 amide bonds. The minimum atomic E-state index is 0.637. The number of benzene rings is 1. The van der Waals surface area contributed by atoms with Crippen molar-refractivity contribution in [3.05, 3.63) is 59.9 Å². The van der Waals surface area contributed by atoms with Crippen LogP contribution in [0.3, 0.4) is 0 Å². The maximum atomic E-state index is 5.80. The first-order valence-electron chi connectivity index (χ1n) is 6.21. The van der Waals surface area contributed by atoms with Crippen molar-refractivity contribution in [3.63, 3.8) is 0 Å². The second-order valence-corrected chi connectivity index (χ2v) is 4.07. The predicted molar refractivity (Wildman–Crippen MR) is 72.6 cm³/mol. The van der Waals surface area contributed by atoms with E-state index in [1.807, 2.05) is 36.4 Å². The molecule has 0 aliphatic heterocycles. The third-order valence-corrected chi connectivity index (χ3v) is 2.73. The van der Waals surface area contributed by atoms with Crippen molar-refractivity contribution in [1.29, 1.82) is 0 Å². The number of nitrogens with zero attached hydrogens (tertiary/aromatic N) is 1. The first kappa shape index (κ1) is 12.6. The standard InChI is InChI=1S/C15H18N2O/c16-10-8-13-5-1-2-7-15(13)18-12-9-14-6-3-4-11-17-14/h1-7,11H,8-10,12,16H2. The van der Waals surface area contributed by atoms with Gasteiger partial charge >= 0.3 is 0 Å². The van der Waals surface area contributed by atoms with E-state index in [4.69, 9.17) is 10.5 Å². The molecular formula is C15H18N2O. The Morgan fingerprint density at radius 1 is 1.00 bits per heavy atom. The fourth-order valence-corrected chi connectivity index (χ4v) is 1.82. The van der Waals surface area contributed by atoms with Gasteiger partial charge in [-0.15, -0.1) is 0 Å². The van der Waals surface area contributed by atoms with Crippen LogP contribution in [-0.4, -0.2) is 18.1 Å². The van der Waals surface area contributed by atoms with Crippen LogP contribution in [-0.2, 0) is 12.8 Å². The Labute approximate surface area is 108 Å². The molecule has 94 valence electrons. The van der Waals surface area contributed by atoms with E-state index in [0.717, 1.165) is 24.3 Å². The van der Waals surface area contributed by atoms with Crippen molar-refractivity contribution < 1.29 is 4.74 Å². The normalized spacial score (nSPS) is 10.3. The molecule has 0 spiro atoms. The smallest absolute Gasteiger partial charge is 0.122 e. The molecule has 1 heterocycles. The summed E-state index contributed by atoms with van der Waals surface area (Å²) in [7, 11) is 0. The van der Waals surface area contributed by atoms with Gasteiger partial charge in [-0.05, 0) is 36.7 Å². The quantitative estimate of drug-likeness (QED) is 0.844. The van der Waals surface area contributed by atoms with Crippen LogP contribution in [0.1, 0.15) is 11.3 Å². The lowest BCUT2D eigenvalue weighted by Crippen LogP contribution is -2.07. The monoisotopic (exact) mass is 242 g/mol. The molecule has 1 aromatic carbocycles. The zero-order chi connectivity index (χ0) is 12.6. The van der Waals surface area contributed by atoms with Crippen LogP contribution in [0.25, 0.3) is 0 Å². The summed E-state index contributed by atoms with van der Waals surface area (Å²) in [6.45, 7) is 1.28. The van der Waals surface area contributed by atoms with Gasteiger partial charge in [0.25, 0.3) is 0 Å². The lowest BCUT2D eigenvalue weighted by Gasteiger charge is -2.10. The maximum absolute atomic E-state index is 5.80. The van der Waals surface area contributed by atoms with Gasteiger partial charge in [0, 0.05) is 18.3 Å². The number of nitrogens with two attached hydrogens (primary N) is 1. The van der Waals surface area contributed by atoms with Crippen LogP contribution in [0.2, 0.25) is 0 Å². The summed E-state index contributed by atoms with van der Waals surface area (Å²) >= 11 is 0. The average Bonchev–Trinajstić information content (AvgIpc) is 2.42. The minimum Gasteiger partial charge on any atom is -0.493 e. The molecule has 0 saturated carbocycles. The molecule has 0 fully saturated rings.